The van der Waals surface area contributed by atoms with E-state index in [0.717, 1.165) is 24.0 Å². The fraction of sp³-hybridized carbons (Fsp3) is 0.423. The van der Waals surface area contributed by atoms with Crippen molar-refractivity contribution < 1.29 is 33.4 Å². The SMILES string of the molecule is COc1cccc(NC(=O)Nc2ccc3c(c2)CCN(C(=O)O[C@H]2CC[C@H](CC(=O)O)CC2)C3)c1F. The number of carboxylic acids is 1. The molecule has 1 aliphatic carbocycles. The van der Waals surface area contributed by atoms with Gasteiger partial charge >= 0.3 is 18.1 Å². The first-order chi connectivity index (χ1) is 17.3. The Kier molecular flexibility index (Phi) is 7.92. The summed E-state index contributed by atoms with van der Waals surface area (Å²) >= 11 is 0. The molecule has 1 aliphatic heterocycles. The van der Waals surface area contributed by atoms with Crippen molar-refractivity contribution >= 4 is 29.5 Å². The summed E-state index contributed by atoms with van der Waals surface area (Å²) in [6.45, 7) is 0.898. The molecule has 0 atom stereocenters. The first kappa shape index (κ1) is 25.3. The Labute approximate surface area is 208 Å². The number of benzene rings is 2. The van der Waals surface area contributed by atoms with E-state index in [1.54, 1.807) is 17.0 Å². The molecular weight excluding hydrogens is 469 g/mol. The van der Waals surface area contributed by atoms with E-state index in [1.165, 1.54) is 19.2 Å². The molecule has 9 nitrogen and oxygen atoms in total. The highest BCUT2D eigenvalue weighted by molar-refractivity contribution is 6.00. The lowest BCUT2D eigenvalue weighted by Crippen LogP contribution is -2.39. The molecule has 2 aliphatic rings. The highest BCUT2D eigenvalue weighted by Crippen LogP contribution is 2.30. The number of carboxylic acid groups (broad SMARTS) is 1. The number of halogens is 1. The number of rotatable bonds is 6. The zero-order valence-electron chi connectivity index (χ0n) is 20.1. The number of carbonyl (C=O) groups is 3. The lowest BCUT2D eigenvalue weighted by atomic mass is 9.85. The molecule has 10 heteroatoms. The van der Waals surface area contributed by atoms with Crippen LogP contribution < -0.4 is 15.4 Å². The van der Waals surface area contributed by atoms with Gasteiger partial charge in [-0.25, -0.2) is 14.0 Å². The first-order valence-corrected chi connectivity index (χ1v) is 12.0. The summed E-state index contributed by atoms with van der Waals surface area (Å²) in [6.07, 6.45) is 3.11. The van der Waals surface area contributed by atoms with Gasteiger partial charge in [-0.1, -0.05) is 12.1 Å². The van der Waals surface area contributed by atoms with Crippen LogP contribution >= 0.6 is 0 Å². The molecule has 0 radical (unpaired) electrons. The maximum absolute atomic E-state index is 14.3. The molecule has 1 heterocycles. The van der Waals surface area contributed by atoms with Gasteiger partial charge in [0.1, 0.15) is 6.10 Å². The van der Waals surface area contributed by atoms with Crippen LogP contribution in [0.3, 0.4) is 0 Å². The lowest BCUT2D eigenvalue weighted by molar-refractivity contribution is -0.138. The van der Waals surface area contributed by atoms with Crippen molar-refractivity contribution in [2.45, 2.75) is 51.2 Å². The van der Waals surface area contributed by atoms with E-state index < -0.39 is 17.8 Å². The summed E-state index contributed by atoms with van der Waals surface area (Å²) in [7, 11) is 1.35. The number of hydrogen-bond acceptors (Lipinski definition) is 5. The average molecular weight is 500 g/mol. The normalized spacial score (nSPS) is 19.1. The maximum Gasteiger partial charge on any atom is 0.410 e. The van der Waals surface area contributed by atoms with Crippen LogP contribution in [0.2, 0.25) is 0 Å². The molecule has 3 N–H and O–H groups in total. The topological polar surface area (TPSA) is 117 Å². The van der Waals surface area contributed by atoms with Crippen LogP contribution in [0.1, 0.15) is 43.2 Å². The average Bonchev–Trinajstić information content (AvgIpc) is 2.86. The van der Waals surface area contributed by atoms with Crippen molar-refractivity contribution in [3.05, 3.63) is 53.3 Å². The second-order valence-electron chi connectivity index (χ2n) is 9.18. The van der Waals surface area contributed by atoms with E-state index in [-0.39, 0.29) is 36.0 Å². The maximum atomic E-state index is 14.3. The minimum Gasteiger partial charge on any atom is -0.494 e. The van der Waals surface area contributed by atoms with Crippen LogP contribution in [0, 0.1) is 11.7 Å². The highest BCUT2D eigenvalue weighted by Gasteiger charge is 2.28. The van der Waals surface area contributed by atoms with Gasteiger partial charge in [0.25, 0.3) is 0 Å². The first-order valence-electron chi connectivity index (χ1n) is 12.0. The van der Waals surface area contributed by atoms with E-state index in [4.69, 9.17) is 14.6 Å². The summed E-state index contributed by atoms with van der Waals surface area (Å²) in [5.74, 6) is -1.25. The number of hydrogen-bond donors (Lipinski definition) is 3. The second-order valence-corrected chi connectivity index (χ2v) is 9.18. The van der Waals surface area contributed by atoms with Crippen molar-refractivity contribution in [3.63, 3.8) is 0 Å². The lowest BCUT2D eigenvalue weighted by Gasteiger charge is -2.32. The number of anilines is 2. The van der Waals surface area contributed by atoms with E-state index in [9.17, 15) is 18.8 Å². The van der Waals surface area contributed by atoms with Crippen LogP contribution in [0.4, 0.5) is 25.4 Å². The van der Waals surface area contributed by atoms with E-state index in [0.29, 0.717) is 38.0 Å². The molecule has 0 saturated heterocycles. The second kappa shape index (κ2) is 11.3. The van der Waals surface area contributed by atoms with E-state index >= 15 is 0 Å². The predicted molar refractivity (Wildman–Crippen MR) is 131 cm³/mol. The zero-order valence-corrected chi connectivity index (χ0v) is 20.1. The number of urea groups is 1. The van der Waals surface area contributed by atoms with Gasteiger partial charge in [-0.05, 0) is 73.4 Å². The van der Waals surface area contributed by atoms with Crippen molar-refractivity contribution in [3.8, 4) is 5.75 Å². The Bertz CT molecular complexity index is 1130. The number of carbonyl (C=O) groups excluding carboxylic acids is 2. The zero-order chi connectivity index (χ0) is 25.7. The summed E-state index contributed by atoms with van der Waals surface area (Å²) < 4.78 is 24.9. The van der Waals surface area contributed by atoms with Gasteiger partial charge in [0, 0.05) is 25.2 Å². The van der Waals surface area contributed by atoms with Crippen LogP contribution in [0.15, 0.2) is 36.4 Å². The predicted octanol–water partition coefficient (Wildman–Crippen LogP) is 5.01. The largest absolute Gasteiger partial charge is 0.494 e. The molecule has 192 valence electrons. The van der Waals surface area contributed by atoms with Gasteiger partial charge in [0.2, 0.25) is 0 Å². The smallest absolute Gasteiger partial charge is 0.410 e. The summed E-state index contributed by atoms with van der Waals surface area (Å²) in [5.41, 5.74) is 2.55. The van der Waals surface area contributed by atoms with Crippen LogP contribution in [-0.2, 0) is 22.5 Å². The number of fused-ring (bicyclic) bond motifs is 1. The molecule has 1 saturated carbocycles. The Hall–Kier alpha value is -3.82. The van der Waals surface area contributed by atoms with Crippen molar-refractivity contribution in [2.24, 2.45) is 5.92 Å². The molecule has 1 fully saturated rings. The summed E-state index contributed by atoms with van der Waals surface area (Å²) in [4.78, 5) is 37.6. The third kappa shape index (κ3) is 6.24. The van der Waals surface area contributed by atoms with Crippen LogP contribution in [0.25, 0.3) is 0 Å². The Balaban J connectivity index is 1.29. The van der Waals surface area contributed by atoms with Crippen molar-refractivity contribution in [1.82, 2.24) is 4.90 Å². The number of aliphatic carboxylic acids is 1. The Morgan fingerprint density at radius 2 is 1.86 bits per heavy atom. The monoisotopic (exact) mass is 499 g/mol. The van der Waals surface area contributed by atoms with Gasteiger partial charge in [0.15, 0.2) is 11.6 Å². The van der Waals surface area contributed by atoms with Gasteiger partial charge < -0.3 is 30.1 Å². The fourth-order valence-corrected chi connectivity index (χ4v) is 4.75. The molecule has 4 rings (SSSR count). The Morgan fingerprint density at radius 1 is 1.08 bits per heavy atom. The molecule has 3 amide bonds. The van der Waals surface area contributed by atoms with E-state index in [1.807, 2.05) is 12.1 Å². The number of amides is 3. The minimum absolute atomic E-state index is 0.00864. The molecule has 36 heavy (non-hydrogen) atoms. The van der Waals surface area contributed by atoms with Gasteiger partial charge in [-0.3, -0.25) is 4.79 Å². The number of nitrogens with one attached hydrogen (secondary N) is 2. The third-order valence-electron chi connectivity index (χ3n) is 6.69. The minimum atomic E-state index is -0.785. The number of ether oxygens (including phenoxy) is 2. The molecule has 0 bridgehead atoms. The molecule has 2 aromatic carbocycles. The number of nitrogens with zero attached hydrogens (tertiary/aromatic N) is 1. The van der Waals surface area contributed by atoms with Gasteiger partial charge in [-0.15, -0.1) is 0 Å². The van der Waals surface area contributed by atoms with Gasteiger partial charge in [-0.2, -0.15) is 0 Å². The Morgan fingerprint density at radius 3 is 2.58 bits per heavy atom. The standard InChI is InChI=1S/C26H30FN3O6/c1-35-22-4-2-3-21(24(22)27)29-25(33)28-19-8-7-18-15-30(12-11-17(18)14-19)26(34)36-20-9-5-16(6-10-20)13-23(31)32/h2-4,7-8,14,16,20H,5-6,9-13,15H2,1H3,(H,31,32)(H2,28,29,33)/t16-,20-. The molecule has 0 aromatic heterocycles. The molecule has 2 aromatic rings. The molecule has 0 spiro atoms. The number of methoxy groups -OCH3 is 1. The fourth-order valence-electron chi connectivity index (χ4n) is 4.75. The quantitative estimate of drug-likeness (QED) is 0.515. The molecule has 0 unspecified atom stereocenters. The van der Waals surface area contributed by atoms with Crippen molar-refractivity contribution in [2.75, 3.05) is 24.3 Å². The van der Waals surface area contributed by atoms with Gasteiger partial charge in [0.05, 0.1) is 12.8 Å². The third-order valence-corrected chi connectivity index (χ3v) is 6.69. The van der Waals surface area contributed by atoms with Crippen LogP contribution in [-0.4, -0.2) is 47.9 Å². The highest BCUT2D eigenvalue weighted by atomic mass is 19.1. The summed E-state index contributed by atoms with van der Waals surface area (Å²) in [6, 6.07) is 9.35. The van der Waals surface area contributed by atoms with E-state index in [2.05, 4.69) is 10.6 Å². The molecular formula is C26H30FN3O6. The van der Waals surface area contributed by atoms with Crippen molar-refractivity contribution in [1.29, 1.82) is 0 Å². The van der Waals surface area contributed by atoms with Crippen LogP contribution in [0.5, 0.6) is 5.75 Å². The summed E-state index contributed by atoms with van der Waals surface area (Å²) in [5, 5.41) is 14.1.